The van der Waals surface area contributed by atoms with Gasteiger partial charge in [0.05, 0.1) is 12.8 Å². The van der Waals surface area contributed by atoms with Crippen molar-refractivity contribution in [1.82, 2.24) is 9.97 Å². The Morgan fingerprint density at radius 2 is 2.00 bits per heavy atom. The Morgan fingerprint density at radius 3 is 2.64 bits per heavy atom. The molecule has 1 aromatic heterocycles. The molecule has 1 saturated heterocycles. The summed E-state index contributed by atoms with van der Waals surface area (Å²) in [6.07, 6.45) is 3.44. The van der Waals surface area contributed by atoms with Crippen LogP contribution in [0.15, 0.2) is 42.6 Å². The molecule has 5 rings (SSSR count). The van der Waals surface area contributed by atoms with Gasteiger partial charge in [-0.25, -0.2) is 4.98 Å². The monoisotopic (exact) mass is 622 g/mol. The second-order valence-electron chi connectivity index (χ2n) is 8.62. The second kappa shape index (κ2) is 10.1. The first-order valence-electron chi connectivity index (χ1n) is 10.8. The smallest absolute Gasteiger partial charge is 0.285 e. The number of hydrogen-bond donors (Lipinski definition) is 1. The van der Waals surface area contributed by atoms with Crippen molar-refractivity contribution in [2.45, 2.75) is 45.1 Å². The number of fused-ring (bicyclic) bond motifs is 3. The van der Waals surface area contributed by atoms with Gasteiger partial charge in [-0.3, -0.25) is 9.78 Å². The number of benzene rings is 2. The molecule has 2 aromatic carbocycles. The van der Waals surface area contributed by atoms with Gasteiger partial charge in [0.2, 0.25) is 0 Å². The zero-order valence-electron chi connectivity index (χ0n) is 19.2. The Bertz CT molecular complexity index is 1160. The van der Waals surface area contributed by atoms with Crippen molar-refractivity contribution >= 4 is 5.97 Å². The van der Waals surface area contributed by atoms with Crippen LogP contribution in [0.1, 0.15) is 43.5 Å². The Morgan fingerprint density at radius 1 is 1.24 bits per heavy atom. The van der Waals surface area contributed by atoms with E-state index >= 15 is 0 Å². The Kier molecular flexibility index (Phi) is 7.68. The fourth-order valence-electron chi connectivity index (χ4n) is 4.38. The van der Waals surface area contributed by atoms with Crippen molar-refractivity contribution in [3.05, 3.63) is 70.8 Å². The third-order valence-electron chi connectivity index (χ3n) is 6.09. The van der Waals surface area contributed by atoms with Crippen LogP contribution < -0.4 is 4.74 Å². The fraction of sp³-hybridized carbons (Fsp3) is 0.346. The predicted molar refractivity (Wildman–Crippen MR) is 124 cm³/mol. The maximum atomic E-state index is 10.1. The molecule has 33 heavy (non-hydrogen) atoms. The molecule has 0 spiro atoms. The summed E-state index contributed by atoms with van der Waals surface area (Å²) in [4.78, 5) is 19.1. The molecule has 1 radical (unpaired) electrons. The predicted octanol–water partition coefficient (Wildman–Crippen LogP) is 5.17. The van der Waals surface area contributed by atoms with Gasteiger partial charge in [-0.2, -0.15) is 0 Å². The molecular weight excluding hydrogens is 595 g/mol. The van der Waals surface area contributed by atoms with Gasteiger partial charge in [-0.1, -0.05) is 62.1 Å². The van der Waals surface area contributed by atoms with E-state index in [9.17, 15) is 4.79 Å². The third-order valence-corrected chi connectivity index (χ3v) is 6.09. The molecule has 175 valence electrons. The number of hydrogen-bond acceptors (Lipinski definition) is 4. The van der Waals surface area contributed by atoms with Crippen LogP contribution in [-0.2, 0) is 30.3 Å². The number of aliphatic carboxylic acids is 1. The molecule has 0 bridgehead atoms. The first-order valence-corrected chi connectivity index (χ1v) is 10.8. The molecular formula is C26H27IrN3O3-2. The van der Waals surface area contributed by atoms with Crippen LogP contribution in [0.2, 0.25) is 0 Å². The first-order chi connectivity index (χ1) is 15.3. The second-order valence-corrected chi connectivity index (χ2v) is 8.62. The van der Waals surface area contributed by atoms with E-state index in [1.807, 2.05) is 6.92 Å². The van der Waals surface area contributed by atoms with E-state index in [1.54, 1.807) is 13.3 Å². The SMILES string of the molecule is COc1nc(C)cnc1-c1[c-]cc2c(c1)C(C)(C)c1ccccc1-2.O=C(O)C1CCC[N-]1.[Ir]. The molecule has 2 heterocycles. The quantitative estimate of drug-likeness (QED) is 0.408. The molecule has 0 amide bonds. The molecule has 1 atom stereocenters. The largest absolute Gasteiger partial charge is 0.650 e. The molecule has 0 saturated carbocycles. The van der Waals surface area contributed by atoms with Gasteiger partial charge in [-0.05, 0) is 23.9 Å². The number of carboxylic acid groups (broad SMARTS) is 1. The van der Waals surface area contributed by atoms with E-state index in [-0.39, 0.29) is 25.5 Å². The number of ether oxygens (including phenoxy) is 1. The maximum Gasteiger partial charge on any atom is 0.285 e. The molecule has 1 fully saturated rings. The van der Waals surface area contributed by atoms with Crippen LogP contribution in [0.5, 0.6) is 5.88 Å². The first kappa shape index (κ1) is 25.0. The number of carbonyl (C=O) groups is 1. The number of nitrogens with zero attached hydrogens (tertiary/aromatic N) is 3. The summed E-state index contributed by atoms with van der Waals surface area (Å²) in [6.45, 7) is 7.17. The third kappa shape index (κ3) is 4.86. The molecule has 6 nitrogen and oxygen atoms in total. The number of carboxylic acids is 1. The summed E-state index contributed by atoms with van der Waals surface area (Å²) >= 11 is 0. The van der Waals surface area contributed by atoms with E-state index in [4.69, 9.17) is 9.84 Å². The summed E-state index contributed by atoms with van der Waals surface area (Å²) in [5.41, 5.74) is 7.64. The minimum atomic E-state index is -0.775. The van der Waals surface area contributed by atoms with Gasteiger partial charge in [0.1, 0.15) is 0 Å². The van der Waals surface area contributed by atoms with Crippen molar-refractivity contribution in [2.75, 3.05) is 13.7 Å². The van der Waals surface area contributed by atoms with Crippen LogP contribution in [-0.4, -0.2) is 40.7 Å². The van der Waals surface area contributed by atoms with E-state index in [1.165, 1.54) is 22.3 Å². The summed E-state index contributed by atoms with van der Waals surface area (Å²) in [5, 5.41) is 12.2. The number of methoxy groups -OCH3 is 1. The maximum absolute atomic E-state index is 10.1. The van der Waals surface area contributed by atoms with Crippen molar-refractivity contribution in [3.63, 3.8) is 0 Å². The van der Waals surface area contributed by atoms with Crippen molar-refractivity contribution in [3.8, 4) is 28.3 Å². The molecule has 1 N–H and O–H groups in total. The molecule has 2 aliphatic rings. The minimum Gasteiger partial charge on any atom is -0.650 e. The van der Waals surface area contributed by atoms with Crippen molar-refractivity contribution < 1.29 is 34.7 Å². The number of rotatable bonds is 3. The van der Waals surface area contributed by atoms with Gasteiger partial charge < -0.3 is 15.2 Å². The zero-order chi connectivity index (χ0) is 22.9. The zero-order valence-corrected chi connectivity index (χ0v) is 21.6. The normalized spacial score (nSPS) is 17.2. The summed E-state index contributed by atoms with van der Waals surface area (Å²) in [5.74, 6) is -0.234. The van der Waals surface area contributed by atoms with E-state index in [2.05, 4.69) is 71.6 Å². The fourth-order valence-corrected chi connectivity index (χ4v) is 4.38. The van der Waals surface area contributed by atoms with Crippen LogP contribution in [0.25, 0.3) is 27.7 Å². The summed E-state index contributed by atoms with van der Waals surface area (Å²) in [6, 6.07) is 15.8. The van der Waals surface area contributed by atoms with Gasteiger partial charge in [-0.15, -0.1) is 35.9 Å². The van der Waals surface area contributed by atoms with Crippen LogP contribution in [0.3, 0.4) is 0 Å². The molecule has 1 unspecified atom stereocenters. The summed E-state index contributed by atoms with van der Waals surface area (Å²) in [7, 11) is 1.63. The molecule has 7 heteroatoms. The van der Waals surface area contributed by atoms with Gasteiger partial charge in [0.25, 0.3) is 5.97 Å². The molecule has 1 aliphatic carbocycles. The standard InChI is InChI=1S/C21H19N2O.C5H8NO2.Ir/c1-13-12-22-19(20(23-13)24-4)14-9-10-16-15-7-5-6-8-17(15)21(2,3)18(16)11-14;7-5(8)4-2-1-3-6-4;/h5-8,10-12H,1-4H3;4H,1-3H2,(H,7,8);/q2*-1;. The van der Waals surface area contributed by atoms with Gasteiger partial charge >= 0.3 is 0 Å². The molecule has 3 aromatic rings. The van der Waals surface area contributed by atoms with E-state index in [0.29, 0.717) is 5.88 Å². The Balaban J connectivity index is 0.000000290. The topological polar surface area (TPSA) is 86.4 Å². The van der Waals surface area contributed by atoms with Gasteiger partial charge in [0, 0.05) is 32.0 Å². The average Bonchev–Trinajstić information content (AvgIpc) is 3.41. The van der Waals surface area contributed by atoms with E-state index in [0.717, 1.165) is 36.3 Å². The van der Waals surface area contributed by atoms with Crippen LogP contribution in [0, 0.1) is 13.0 Å². The average molecular weight is 622 g/mol. The van der Waals surface area contributed by atoms with Crippen LogP contribution in [0.4, 0.5) is 0 Å². The van der Waals surface area contributed by atoms with Crippen LogP contribution >= 0.6 is 0 Å². The Hall–Kier alpha value is -2.60. The summed E-state index contributed by atoms with van der Waals surface area (Å²) < 4.78 is 5.42. The van der Waals surface area contributed by atoms with Crippen molar-refractivity contribution in [2.24, 2.45) is 0 Å². The van der Waals surface area contributed by atoms with Gasteiger partial charge in [0.15, 0.2) is 5.88 Å². The number of aryl methyl sites for hydroxylation is 1. The minimum absolute atomic E-state index is 0. The Labute approximate surface area is 208 Å². The number of aromatic nitrogens is 2. The van der Waals surface area contributed by atoms with Crippen molar-refractivity contribution in [1.29, 1.82) is 0 Å². The van der Waals surface area contributed by atoms with E-state index < -0.39 is 12.0 Å². The molecule has 1 aliphatic heterocycles.